The van der Waals surface area contributed by atoms with Gasteiger partial charge in [0.25, 0.3) is 0 Å². The molecular weight excluding hydrogens is 316 g/mol. The molecule has 0 amide bonds. The second-order valence-corrected chi connectivity index (χ2v) is 8.56. The van der Waals surface area contributed by atoms with Crippen LogP contribution in [-0.2, 0) is 16.4 Å². The summed E-state index contributed by atoms with van der Waals surface area (Å²) in [5, 5.41) is 3.38. The van der Waals surface area contributed by atoms with Crippen molar-refractivity contribution in [2.45, 2.75) is 36.5 Å². The first-order valence-corrected chi connectivity index (χ1v) is 9.32. The third-order valence-electron chi connectivity index (χ3n) is 3.18. The van der Waals surface area contributed by atoms with Gasteiger partial charge in [-0.1, -0.05) is 0 Å². The Kier molecular flexibility index (Phi) is 3.43. The molecule has 3 N–H and O–H groups in total. The van der Waals surface area contributed by atoms with Gasteiger partial charge < -0.3 is 11.1 Å². The van der Waals surface area contributed by atoms with E-state index in [0.717, 1.165) is 22.1 Å². The lowest BCUT2D eigenvalue weighted by Gasteiger charge is -2.07. The second kappa shape index (κ2) is 4.97. The van der Waals surface area contributed by atoms with Crippen LogP contribution in [0, 0.1) is 6.92 Å². The number of nitrogens with two attached hydrogens (primary N) is 1. The van der Waals surface area contributed by atoms with E-state index in [1.54, 1.807) is 5.51 Å². The van der Waals surface area contributed by atoms with E-state index in [4.69, 9.17) is 5.73 Å². The molecule has 0 aromatic carbocycles. The van der Waals surface area contributed by atoms with Gasteiger partial charge in [0, 0.05) is 4.88 Å². The van der Waals surface area contributed by atoms with Crippen LogP contribution in [0.2, 0.25) is 0 Å². The molecule has 1 aliphatic carbocycles. The molecule has 0 atom stereocenters. The minimum Gasteiger partial charge on any atom is -0.382 e. The van der Waals surface area contributed by atoms with Crippen LogP contribution in [0.4, 0.5) is 10.8 Å². The predicted molar refractivity (Wildman–Crippen MR) is 80.9 cm³/mol. The molecule has 2 aromatic rings. The molecule has 0 bridgehead atoms. The Morgan fingerprint density at radius 3 is 2.85 bits per heavy atom. The normalized spacial score (nSPS) is 15.4. The highest BCUT2D eigenvalue weighted by atomic mass is 32.2. The predicted octanol–water partition coefficient (Wildman–Crippen LogP) is 2.04. The Morgan fingerprint density at radius 2 is 2.25 bits per heavy atom. The van der Waals surface area contributed by atoms with E-state index in [-0.39, 0.29) is 16.0 Å². The van der Waals surface area contributed by atoms with Gasteiger partial charge in [0.05, 0.1) is 23.0 Å². The number of aromatic nitrogens is 2. The number of nitrogens with zero attached hydrogens (tertiary/aromatic N) is 2. The summed E-state index contributed by atoms with van der Waals surface area (Å²) in [4.78, 5) is 5.42. The maximum atomic E-state index is 12.4. The standard InChI is InChI=1S/C11H14N4O2S3/c1-6-8(18-5-14-6)4-13-11-9(10(12)15-19-11)20(16,17)7-2-3-7/h5,7,13H,2-4H2,1H3,(H2,12,15). The van der Waals surface area contributed by atoms with Gasteiger partial charge in [-0.05, 0) is 31.3 Å². The van der Waals surface area contributed by atoms with Crippen molar-refractivity contribution in [3.05, 3.63) is 16.1 Å². The average Bonchev–Trinajstić information content (AvgIpc) is 3.09. The lowest BCUT2D eigenvalue weighted by atomic mass is 10.4. The molecule has 9 heteroatoms. The summed E-state index contributed by atoms with van der Waals surface area (Å²) in [5.41, 5.74) is 8.47. The molecule has 0 aliphatic heterocycles. The van der Waals surface area contributed by atoms with Gasteiger partial charge in [0.2, 0.25) is 0 Å². The second-order valence-electron chi connectivity index (χ2n) is 4.68. The molecule has 0 unspecified atom stereocenters. The van der Waals surface area contributed by atoms with Crippen molar-refractivity contribution in [2.24, 2.45) is 0 Å². The summed E-state index contributed by atoms with van der Waals surface area (Å²) in [6.07, 6.45) is 1.43. The smallest absolute Gasteiger partial charge is 0.187 e. The molecule has 3 rings (SSSR count). The van der Waals surface area contributed by atoms with E-state index in [1.165, 1.54) is 11.3 Å². The number of nitrogen functional groups attached to an aromatic ring is 1. The quantitative estimate of drug-likeness (QED) is 0.870. The van der Waals surface area contributed by atoms with Crippen molar-refractivity contribution < 1.29 is 8.42 Å². The number of sulfone groups is 1. The zero-order chi connectivity index (χ0) is 14.3. The topological polar surface area (TPSA) is 98.0 Å². The fourth-order valence-corrected chi connectivity index (χ4v) is 5.48. The summed E-state index contributed by atoms with van der Waals surface area (Å²) >= 11 is 2.63. The van der Waals surface area contributed by atoms with Crippen LogP contribution in [0.25, 0.3) is 0 Å². The molecule has 108 valence electrons. The van der Waals surface area contributed by atoms with E-state index < -0.39 is 9.84 Å². The van der Waals surface area contributed by atoms with E-state index in [1.807, 2.05) is 6.92 Å². The highest BCUT2D eigenvalue weighted by Gasteiger charge is 2.40. The largest absolute Gasteiger partial charge is 0.382 e. The van der Waals surface area contributed by atoms with Crippen molar-refractivity contribution in [2.75, 3.05) is 11.1 Å². The Hall–Kier alpha value is -1.19. The zero-order valence-corrected chi connectivity index (χ0v) is 13.2. The Morgan fingerprint density at radius 1 is 1.50 bits per heavy atom. The fourth-order valence-electron chi connectivity index (χ4n) is 1.88. The molecule has 2 aromatic heterocycles. The van der Waals surface area contributed by atoms with E-state index in [9.17, 15) is 8.42 Å². The van der Waals surface area contributed by atoms with Gasteiger partial charge >= 0.3 is 0 Å². The molecule has 1 aliphatic rings. The molecule has 2 heterocycles. The molecule has 0 saturated heterocycles. The molecule has 0 spiro atoms. The van der Waals surface area contributed by atoms with Gasteiger partial charge in [0.15, 0.2) is 15.7 Å². The van der Waals surface area contributed by atoms with Gasteiger partial charge in [0.1, 0.15) is 9.90 Å². The first-order chi connectivity index (χ1) is 9.50. The molecule has 6 nitrogen and oxygen atoms in total. The molecular formula is C11H14N4O2S3. The minimum absolute atomic E-state index is 0.102. The Labute approximate surface area is 125 Å². The summed E-state index contributed by atoms with van der Waals surface area (Å²) in [5.74, 6) is 0.102. The monoisotopic (exact) mass is 330 g/mol. The van der Waals surface area contributed by atoms with Crippen molar-refractivity contribution in [1.29, 1.82) is 0 Å². The third kappa shape index (κ3) is 2.40. The summed E-state index contributed by atoms with van der Waals surface area (Å²) in [7, 11) is -3.34. The summed E-state index contributed by atoms with van der Waals surface area (Å²) in [6, 6.07) is 0. The first kappa shape index (κ1) is 13.8. The van der Waals surface area contributed by atoms with Gasteiger partial charge in [-0.3, -0.25) is 0 Å². The Bertz CT molecular complexity index is 731. The Balaban J connectivity index is 1.86. The fraction of sp³-hybridized carbons (Fsp3) is 0.455. The van der Waals surface area contributed by atoms with Crippen LogP contribution in [0.5, 0.6) is 0 Å². The first-order valence-electron chi connectivity index (χ1n) is 6.12. The van der Waals surface area contributed by atoms with E-state index in [0.29, 0.717) is 24.4 Å². The van der Waals surface area contributed by atoms with Crippen molar-refractivity contribution in [3.8, 4) is 0 Å². The van der Waals surface area contributed by atoms with Crippen LogP contribution in [0.1, 0.15) is 23.4 Å². The van der Waals surface area contributed by atoms with Crippen LogP contribution in [0.3, 0.4) is 0 Å². The highest BCUT2D eigenvalue weighted by molar-refractivity contribution is 7.92. The lowest BCUT2D eigenvalue weighted by molar-refractivity contribution is 0.595. The highest BCUT2D eigenvalue weighted by Crippen LogP contribution is 2.41. The third-order valence-corrected chi connectivity index (χ3v) is 7.39. The van der Waals surface area contributed by atoms with Crippen molar-refractivity contribution in [1.82, 2.24) is 9.36 Å². The number of nitrogens with one attached hydrogen (secondary N) is 1. The maximum Gasteiger partial charge on any atom is 0.187 e. The summed E-state index contributed by atoms with van der Waals surface area (Å²) in [6.45, 7) is 2.46. The van der Waals surface area contributed by atoms with E-state index in [2.05, 4.69) is 14.7 Å². The maximum absolute atomic E-state index is 12.4. The number of thiazole rings is 1. The van der Waals surface area contributed by atoms with Crippen molar-refractivity contribution >= 4 is 43.5 Å². The van der Waals surface area contributed by atoms with Crippen LogP contribution in [0.15, 0.2) is 10.4 Å². The van der Waals surface area contributed by atoms with Crippen LogP contribution >= 0.6 is 22.9 Å². The van der Waals surface area contributed by atoms with Crippen LogP contribution < -0.4 is 11.1 Å². The molecule has 20 heavy (non-hydrogen) atoms. The number of hydrogen-bond donors (Lipinski definition) is 2. The zero-order valence-electron chi connectivity index (χ0n) is 10.8. The average molecular weight is 330 g/mol. The molecule has 1 fully saturated rings. The number of anilines is 2. The molecule has 0 radical (unpaired) electrons. The molecule has 1 saturated carbocycles. The van der Waals surface area contributed by atoms with Crippen molar-refractivity contribution in [3.63, 3.8) is 0 Å². The number of hydrogen-bond acceptors (Lipinski definition) is 8. The lowest BCUT2D eigenvalue weighted by Crippen LogP contribution is -2.11. The minimum atomic E-state index is -3.34. The SMILES string of the molecule is Cc1ncsc1CNc1snc(N)c1S(=O)(=O)C1CC1. The van der Waals surface area contributed by atoms with Crippen LogP contribution in [-0.4, -0.2) is 23.0 Å². The summed E-state index contributed by atoms with van der Waals surface area (Å²) < 4.78 is 28.7. The van der Waals surface area contributed by atoms with Gasteiger partial charge in [-0.2, -0.15) is 4.37 Å². The van der Waals surface area contributed by atoms with Gasteiger partial charge in [-0.25, -0.2) is 13.4 Å². The number of aryl methyl sites for hydroxylation is 1. The number of rotatable bonds is 5. The van der Waals surface area contributed by atoms with Gasteiger partial charge in [-0.15, -0.1) is 11.3 Å². The van der Waals surface area contributed by atoms with E-state index >= 15 is 0 Å².